The van der Waals surface area contributed by atoms with Crippen LogP contribution in [0.2, 0.25) is 0 Å². The number of nitrogen functional groups attached to an aromatic ring is 1. The summed E-state index contributed by atoms with van der Waals surface area (Å²) in [7, 11) is 0. The van der Waals surface area contributed by atoms with Crippen LogP contribution in [0, 0.1) is 11.3 Å². The predicted octanol–water partition coefficient (Wildman–Crippen LogP) is 1.92. The Morgan fingerprint density at radius 1 is 1.62 bits per heavy atom. The first-order chi connectivity index (χ1) is 6.24. The molecular formula is C8H11BrN4. The van der Waals surface area contributed by atoms with E-state index < -0.39 is 0 Å². The SMILES string of the molecule is N#CCCCCn1cc(Br)c(N)n1. The zero-order chi connectivity index (χ0) is 9.68. The minimum atomic E-state index is 0.514. The van der Waals surface area contributed by atoms with Gasteiger partial charge in [-0.25, -0.2) is 0 Å². The fourth-order valence-electron chi connectivity index (χ4n) is 1.00. The first-order valence-corrected chi connectivity index (χ1v) is 4.88. The predicted molar refractivity (Wildman–Crippen MR) is 53.8 cm³/mol. The number of hydrogen-bond donors (Lipinski definition) is 1. The van der Waals surface area contributed by atoms with Gasteiger partial charge in [0, 0.05) is 19.2 Å². The van der Waals surface area contributed by atoms with Gasteiger partial charge in [0.1, 0.15) is 0 Å². The van der Waals surface area contributed by atoms with Crippen molar-refractivity contribution in [2.24, 2.45) is 0 Å². The smallest absolute Gasteiger partial charge is 0.159 e. The molecule has 0 bridgehead atoms. The Hall–Kier alpha value is -1.02. The second kappa shape index (κ2) is 4.87. The van der Waals surface area contributed by atoms with Crippen LogP contribution in [0.3, 0.4) is 0 Å². The maximum atomic E-state index is 8.31. The molecule has 0 atom stereocenters. The summed E-state index contributed by atoms with van der Waals surface area (Å²) in [4.78, 5) is 0. The molecule has 0 radical (unpaired) electrons. The molecule has 1 aromatic rings. The molecule has 0 spiro atoms. The summed E-state index contributed by atoms with van der Waals surface area (Å²) in [6.45, 7) is 0.817. The van der Waals surface area contributed by atoms with E-state index in [0.29, 0.717) is 12.2 Å². The van der Waals surface area contributed by atoms with E-state index in [1.54, 1.807) is 4.68 Å². The molecule has 1 aromatic heterocycles. The number of nitrogens with zero attached hydrogens (tertiary/aromatic N) is 3. The van der Waals surface area contributed by atoms with Gasteiger partial charge in [-0.1, -0.05) is 0 Å². The first kappa shape index (κ1) is 10.1. The second-order valence-electron chi connectivity index (χ2n) is 2.74. The summed E-state index contributed by atoms with van der Waals surface area (Å²) in [5, 5.41) is 12.4. The van der Waals surface area contributed by atoms with E-state index in [1.807, 2.05) is 6.20 Å². The van der Waals surface area contributed by atoms with Crippen LogP contribution in [0.1, 0.15) is 19.3 Å². The van der Waals surface area contributed by atoms with Crippen molar-refractivity contribution in [2.45, 2.75) is 25.8 Å². The monoisotopic (exact) mass is 242 g/mol. The molecule has 2 N–H and O–H groups in total. The summed E-state index contributed by atoms with van der Waals surface area (Å²) in [5.41, 5.74) is 5.54. The van der Waals surface area contributed by atoms with Crippen LogP contribution in [0.15, 0.2) is 10.7 Å². The van der Waals surface area contributed by atoms with Crippen molar-refractivity contribution in [1.82, 2.24) is 9.78 Å². The number of aryl methyl sites for hydroxylation is 1. The molecule has 1 rings (SSSR count). The summed E-state index contributed by atoms with van der Waals surface area (Å²) < 4.78 is 2.62. The lowest BCUT2D eigenvalue weighted by atomic mass is 10.2. The normalized spacial score (nSPS) is 9.85. The van der Waals surface area contributed by atoms with Gasteiger partial charge in [-0.2, -0.15) is 10.4 Å². The van der Waals surface area contributed by atoms with Gasteiger partial charge in [0.2, 0.25) is 0 Å². The number of unbranched alkanes of at least 4 members (excludes halogenated alkanes) is 2. The number of nitriles is 1. The van der Waals surface area contributed by atoms with Crippen molar-refractivity contribution >= 4 is 21.7 Å². The minimum Gasteiger partial charge on any atom is -0.381 e. The molecule has 0 aliphatic carbocycles. The first-order valence-electron chi connectivity index (χ1n) is 4.09. The largest absolute Gasteiger partial charge is 0.381 e. The van der Waals surface area contributed by atoms with E-state index in [4.69, 9.17) is 11.0 Å². The molecule has 0 aromatic carbocycles. The van der Waals surface area contributed by atoms with Crippen LogP contribution in [0.25, 0.3) is 0 Å². The number of halogens is 1. The van der Waals surface area contributed by atoms with Crippen LogP contribution in [0.5, 0.6) is 0 Å². The highest BCUT2D eigenvalue weighted by molar-refractivity contribution is 9.10. The van der Waals surface area contributed by atoms with Gasteiger partial charge in [0.15, 0.2) is 5.82 Å². The molecule has 13 heavy (non-hydrogen) atoms. The Labute approximate surface area is 85.5 Å². The molecule has 0 aliphatic rings. The number of nitrogens with two attached hydrogens (primary N) is 1. The Morgan fingerprint density at radius 3 is 2.92 bits per heavy atom. The lowest BCUT2D eigenvalue weighted by Gasteiger charge is -1.97. The minimum absolute atomic E-state index is 0.514. The maximum absolute atomic E-state index is 8.31. The van der Waals surface area contributed by atoms with E-state index >= 15 is 0 Å². The zero-order valence-corrected chi connectivity index (χ0v) is 8.79. The highest BCUT2D eigenvalue weighted by atomic mass is 79.9. The molecule has 0 saturated carbocycles. The fourth-order valence-corrected chi connectivity index (χ4v) is 1.32. The van der Waals surface area contributed by atoms with Crippen LogP contribution in [-0.4, -0.2) is 9.78 Å². The van der Waals surface area contributed by atoms with Gasteiger partial charge < -0.3 is 5.73 Å². The fraction of sp³-hybridized carbons (Fsp3) is 0.500. The van der Waals surface area contributed by atoms with E-state index in [2.05, 4.69) is 27.1 Å². The van der Waals surface area contributed by atoms with Crippen LogP contribution >= 0.6 is 15.9 Å². The van der Waals surface area contributed by atoms with Gasteiger partial charge in [-0.05, 0) is 28.8 Å². The molecule has 0 unspecified atom stereocenters. The topological polar surface area (TPSA) is 67.6 Å². The third kappa shape index (κ3) is 3.07. The highest BCUT2D eigenvalue weighted by Crippen LogP contribution is 2.16. The summed E-state index contributed by atoms with van der Waals surface area (Å²) in [5.74, 6) is 0.514. The third-order valence-corrected chi connectivity index (χ3v) is 2.28. The van der Waals surface area contributed by atoms with Gasteiger partial charge in [-0.3, -0.25) is 4.68 Å². The highest BCUT2D eigenvalue weighted by Gasteiger charge is 2.00. The van der Waals surface area contributed by atoms with Gasteiger partial charge in [-0.15, -0.1) is 0 Å². The molecular weight excluding hydrogens is 232 g/mol. The summed E-state index contributed by atoms with van der Waals surface area (Å²) in [6, 6.07) is 2.11. The Morgan fingerprint density at radius 2 is 2.38 bits per heavy atom. The third-order valence-electron chi connectivity index (χ3n) is 1.67. The quantitative estimate of drug-likeness (QED) is 0.821. The molecule has 70 valence electrons. The van der Waals surface area contributed by atoms with Crippen molar-refractivity contribution in [3.8, 4) is 6.07 Å². The van der Waals surface area contributed by atoms with Crippen LogP contribution < -0.4 is 5.73 Å². The molecule has 0 fully saturated rings. The lowest BCUT2D eigenvalue weighted by molar-refractivity contribution is 0.563. The van der Waals surface area contributed by atoms with Crippen LogP contribution in [0.4, 0.5) is 5.82 Å². The van der Waals surface area contributed by atoms with Crippen molar-refractivity contribution in [3.63, 3.8) is 0 Å². The number of aromatic nitrogens is 2. The number of hydrogen-bond acceptors (Lipinski definition) is 3. The van der Waals surface area contributed by atoms with Crippen molar-refractivity contribution in [2.75, 3.05) is 5.73 Å². The van der Waals surface area contributed by atoms with Gasteiger partial charge in [0.25, 0.3) is 0 Å². The molecule has 1 heterocycles. The maximum Gasteiger partial charge on any atom is 0.159 e. The van der Waals surface area contributed by atoms with E-state index in [-0.39, 0.29) is 0 Å². The molecule has 0 amide bonds. The number of anilines is 1. The number of rotatable bonds is 4. The van der Waals surface area contributed by atoms with E-state index in [1.165, 1.54) is 0 Å². The standard InChI is InChI=1S/C8H11BrN4/c9-7-6-13(12-8(7)11)5-3-1-2-4-10/h6H,1-3,5H2,(H2,11,12). The van der Waals surface area contributed by atoms with Crippen molar-refractivity contribution < 1.29 is 0 Å². The van der Waals surface area contributed by atoms with Gasteiger partial charge >= 0.3 is 0 Å². The Balaban J connectivity index is 2.34. The molecule has 4 nitrogen and oxygen atoms in total. The van der Waals surface area contributed by atoms with Crippen molar-refractivity contribution in [3.05, 3.63) is 10.7 Å². The lowest BCUT2D eigenvalue weighted by Crippen LogP contribution is -1.99. The summed E-state index contributed by atoms with van der Waals surface area (Å²) >= 11 is 3.28. The average Bonchev–Trinajstić information content (AvgIpc) is 2.41. The molecule has 0 aliphatic heterocycles. The van der Waals surface area contributed by atoms with Crippen molar-refractivity contribution in [1.29, 1.82) is 5.26 Å². The van der Waals surface area contributed by atoms with Gasteiger partial charge in [0.05, 0.1) is 10.5 Å². The second-order valence-corrected chi connectivity index (χ2v) is 3.59. The molecule has 0 saturated heterocycles. The Bertz CT molecular complexity index is 293. The van der Waals surface area contributed by atoms with E-state index in [9.17, 15) is 0 Å². The van der Waals surface area contributed by atoms with E-state index in [0.717, 1.165) is 23.9 Å². The zero-order valence-electron chi connectivity index (χ0n) is 7.20. The summed E-state index contributed by atoms with van der Waals surface area (Å²) in [6.07, 6.45) is 4.33. The molecule has 5 heteroatoms. The van der Waals surface area contributed by atoms with Crippen LogP contribution in [-0.2, 0) is 6.54 Å². The Kier molecular flexibility index (Phi) is 3.77. The average molecular weight is 243 g/mol.